The number of nitrogen functional groups attached to an aromatic ring is 2. The van der Waals surface area contributed by atoms with E-state index in [0.29, 0.717) is 5.82 Å². The fourth-order valence-electron chi connectivity index (χ4n) is 1.33. The third kappa shape index (κ3) is 2.97. The van der Waals surface area contributed by atoms with Crippen LogP contribution in [0.2, 0.25) is 5.15 Å². The highest BCUT2D eigenvalue weighted by Crippen LogP contribution is 2.27. The van der Waals surface area contributed by atoms with Gasteiger partial charge in [0, 0.05) is 14.1 Å². The molecule has 4 N–H and O–H groups in total. The van der Waals surface area contributed by atoms with Crippen LogP contribution >= 0.6 is 11.6 Å². The maximum Gasteiger partial charge on any atom is 0.425 e. The number of rotatable bonds is 2. The zero-order valence-electron chi connectivity index (χ0n) is 10.6. The van der Waals surface area contributed by atoms with Gasteiger partial charge in [0.25, 0.3) is 0 Å². The van der Waals surface area contributed by atoms with Gasteiger partial charge in [0.2, 0.25) is 0 Å². The highest BCUT2D eigenvalue weighted by atomic mass is 127. The SMILES string of the molecule is CN(C)c1nc(N)c(-c2nc(N)[n+](C)o2)nc1Cl.[I-]. The molecule has 2 rings (SSSR count). The summed E-state index contributed by atoms with van der Waals surface area (Å²) < 4.78 is 6.56. The number of aromatic nitrogens is 4. The van der Waals surface area contributed by atoms with Gasteiger partial charge >= 0.3 is 11.8 Å². The van der Waals surface area contributed by atoms with Crippen LogP contribution in [-0.4, -0.2) is 29.0 Å². The molecule has 104 valence electrons. The summed E-state index contributed by atoms with van der Waals surface area (Å²) in [4.78, 5) is 14.0. The Labute approximate surface area is 131 Å². The summed E-state index contributed by atoms with van der Waals surface area (Å²) in [6, 6.07) is 0. The van der Waals surface area contributed by atoms with Crippen LogP contribution in [0, 0.1) is 0 Å². The first-order chi connectivity index (χ1) is 8.40. The second-order valence-corrected chi connectivity index (χ2v) is 4.19. The van der Waals surface area contributed by atoms with Crippen LogP contribution in [0.15, 0.2) is 4.52 Å². The smallest absolute Gasteiger partial charge is 0.425 e. The molecule has 2 heterocycles. The summed E-state index contributed by atoms with van der Waals surface area (Å²) in [5.74, 6) is 1.03. The number of hydrogen-bond donors (Lipinski definition) is 2. The van der Waals surface area contributed by atoms with Crippen molar-refractivity contribution in [1.82, 2.24) is 15.0 Å². The topological polar surface area (TPSA) is 111 Å². The van der Waals surface area contributed by atoms with Crippen molar-refractivity contribution in [2.75, 3.05) is 30.5 Å². The van der Waals surface area contributed by atoms with Crippen LogP contribution < -0.4 is 45.1 Å². The Kier molecular flexibility index (Phi) is 4.74. The van der Waals surface area contributed by atoms with E-state index in [-0.39, 0.29) is 52.5 Å². The van der Waals surface area contributed by atoms with Gasteiger partial charge in [-0.15, -0.1) is 0 Å². The zero-order valence-corrected chi connectivity index (χ0v) is 13.5. The van der Waals surface area contributed by atoms with Crippen molar-refractivity contribution < 1.29 is 33.2 Å². The molecule has 0 unspecified atom stereocenters. The average molecular weight is 398 g/mol. The highest BCUT2D eigenvalue weighted by molar-refractivity contribution is 6.31. The van der Waals surface area contributed by atoms with Crippen LogP contribution in [0.4, 0.5) is 17.6 Å². The number of hydrogen-bond acceptors (Lipinski definition) is 7. The first kappa shape index (κ1) is 15.7. The third-order valence-corrected chi connectivity index (χ3v) is 2.51. The van der Waals surface area contributed by atoms with Crippen molar-refractivity contribution in [2.45, 2.75) is 0 Å². The van der Waals surface area contributed by atoms with Crippen LogP contribution in [0.25, 0.3) is 11.6 Å². The lowest BCUT2D eigenvalue weighted by Gasteiger charge is -2.13. The van der Waals surface area contributed by atoms with Crippen LogP contribution in [0.3, 0.4) is 0 Å². The molecule has 2 aromatic rings. The molecule has 0 aliphatic rings. The molecule has 10 heteroatoms. The number of halogens is 2. The molecule has 0 fully saturated rings. The normalized spacial score (nSPS) is 10.1. The van der Waals surface area contributed by atoms with E-state index in [4.69, 9.17) is 27.6 Å². The molecule has 0 saturated heterocycles. The van der Waals surface area contributed by atoms with Crippen molar-refractivity contribution >= 4 is 29.2 Å². The van der Waals surface area contributed by atoms with E-state index in [1.54, 1.807) is 26.0 Å². The molecule has 19 heavy (non-hydrogen) atoms. The summed E-state index contributed by atoms with van der Waals surface area (Å²) in [6.45, 7) is 0. The van der Waals surface area contributed by atoms with Crippen LogP contribution in [0.5, 0.6) is 0 Å². The molecule has 0 radical (unpaired) electrons. The minimum atomic E-state index is 0. The lowest BCUT2D eigenvalue weighted by Crippen LogP contribution is -3.00. The van der Waals surface area contributed by atoms with Crippen molar-refractivity contribution in [3.8, 4) is 11.6 Å². The summed E-state index contributed by atoms with van der Waals surface area (Å²) in [7, 11) is 5.20. The zero-order chi connectivity index (χ0) is 13.4. The average Bonchev–Trinajstić information content (AvgIpc) is 2.61. The lowest BCUT2D eigenvalue weighted by atomic mass is 10.4. The van der Waals surface area contributed by atoms with Gasteiger partial charge in [0.15, 0.2) is 22.5 Å². The molecule has 0 aromatic carbocycles. The fourth-order valence-corrected chi connectivity index (χ4v) is 1.62. The molecule has 8 nitrogen and oxygen atoms in total. The van der Waals surface area contributed by atoms with Crippen molar-refractivity contribution in [2.24, 2.45) is 7.05 Å². The third-order valence-electron chi connectivity index (χ3n) is 2.25. The van der Waals surface area contributed by atoms with Gasteiger partial charge in [-0.3, -0.25) is 10.3 Å². The number of nitrogens with two attached hydrogens (primary N) is 2. The Bertz CT molecular complexity index is 581. The molecule has 0 aliphatic heterocycles. The number of anilines is 3. The van der Waals surface area contributed by atoms with E-state index in [1.165, 1.54) is 4.74 Å². The first-order valence-electron chi connectivity index (χ1n) is 5.03. The summed E-state index contributed by atoms with van der Waals surface area (Å²) in [5.41, 5.74) is 11.6. The predicted molar refractivity (Wildman–Crippen MR) is 66.9 cm³/mol. The maximum atomic E-state index is 6.01. The molecule has 0 spiro atoms. The predicted octanol–water partition coefficient (Wildman–Crippen LogP) is -3.16. The molecule has 0 aliphatic carbocycles. The summed E-state index contributed by atoms with van der Waals surface area (Å²) in [5, 5.41) is 0.212. The van der Waals surface area contributed by atoms with E-state index in [0.717, 1.165) is 0 Å². The van der Waals surface area contributed by atoms with Gasteiger partial charge in [-0.25, -0.2) is 9.97 Å². The van der Waals surface area contributed by atoms with Gasteiger partial charge in [0.05, 0.1) is 7.05 Å². The monoisotopic (exact) mass is 397 g/mol. The van der Waals surface area contributed by atoms with Crippen molar-refractivity contribution in [3.63, 3.8) is 0 Å². The van der Waals surface area contributed by atoms with E-state index >= 15 is 0 Å². The number of nitrogens with zero attached hydrogens (tertiary/aromatic N) is 5. The van der Waals surface area contributed by atoms with Crippen molar-refractivity contribution in [1.29, 1.82) is 0 Å². The molecule has 0 bridgehead atoms. The first-order valence-corrected chi connectivity index (χ1v) is 5.41. The Morgan fingerprint density at radius 1 is 1.21 bits per heavy atom. The van der Waals surface area contributed by atoms with Crippen molar-refractivity contribution in [3.05, 3.63) is 5.15 Å². The number of aryl methyl sites for hydroxylation is 1. The van der Waals surface area contributed by atoms with E-state index in [2.05, 4.69) is 15.0 Å². The Morgan fingerprint density at radius 3 is 2.32 bits per heavy atom. The van der Waals surface area contributed by atoms with Gasteiger partial charge in [-0.05, 0) is 4.98 Å². The largest absolute Gasteiger partial charge is 1.00 e. The van der Waals surface area contributed by atoms with Gasteiger partial charge in [-0.1, -0.05) is 16.3 Å². The Morgan fingerprint density at radius 2 is 1.84 bits per heavy atom. The molecular formula is C9H13ClIN7O. The molecule has 0 amide bonds. The maximum absolute atomic E-state index is 6.01. The molecule has 2 aromatic heterocycles. The molecular weight excluding hydrogens is 385 g/mol. The van der Waals surface area contributed by atoms with Crippen LogP contribution in [-0.2, 0) is 7.05 Å². The highest BCUT2D eigenvalue weighted by Gasteiger charge is 2.23. The standard InChI is InChI=1S/C9H12ClN7O.HI/c1-16(2)7-5(10)13-4(6(11)14-7)8-15-9(12)17(3)18-8;/h1-3H3,(H3,11,12,14,15);1H. The van der Waals surface area contributed by atoms with E-state index in [1.807, 2.05) is 0 Å². The Hall–Kier alpha value is -1.36. The minimum absolute atomic E-state index is 0. The van der Waals surface area contributed by atoms with Gasteiger partial charge < -0.3 is 34.6 Å². The molecule has 0 atom stereocenters. The van der Waals surface area contributed by atoms with E-state index in [9.17, 15) is 0 Å². The van der Waals surface area contributed by atoms with E-state index < -0.39 is 0 Å². The van der Waals surface area contributed by atoms with Crippen LogP contribution in [0.1, 0.15) is 0 Å². The minimum Gasteiger partial charge on any atom is -1.00 e. The summed E-state index contributed by atoms with van der Waals surface area (Å²) >= 11 is 6.01. The Balaban J connectivity index is 0.00000180. The lowest BCUT2D eigenvalue weighted by molar-refractivity contribution is -0.832. The second-order valence-electron chi connectivity index (χ2n) is 3.83. The van der Waals surface area contributed by atoms with Gasteiger partial charge in [-0.2, -0.15) is 0 Å². The second kappa shape index (κ2) is 5.74. The fraction of sp³-hybridized carbons (Fsp3) is 0.333. The molecule has 0 saturated carbocycles. The van der Waals surface area contributed by atoms with Gasteiger partial charge in [0.1, 0.15) is 0 Å². The quantitative estimate of drug-likeness (QED) is 0.406. The summed E-state index contributed by atoms with van der Waals surface area (Å²) in [6.07, 6.45) is 0.